The van der Waals surface area contributed by atoms with Gasteiger partial charge in [0, 0.05) is 36.9 Å². The van der Waals surface area contributed by atoms with Crippen LogP contribution >= 0.6 is 11.8 Å². The molecular weight excluding hydrogens is 493 g/mol. The minimum atomic E-state index is -2.68. The number of amides is 1. The van der Waals surface area contributed by atoms with Crippen LogP contribution in [0.1, 0.15) is 76.3 Å². The largest absolute Gasteiger partial charge is 0.353 e. The first-order valence-corrected chi connectivity index (χ1v) is 14.0. The van der Waals surface area contributed by atoms with Crippen LogP contribution in [0.5, 0.6) is 0 Å². The van der Waals surface area contributed by atoms with Crippen LogP contribution < -0.4 is 16.6 Å². The molecule has 3 aliphatic rings. The van der Waals surface area contributed by atoms with Gasteiger partial charge in [0.2, 0.25) is 11.8 Å². The number of rotatable bonds is 4. The van der Waals surface area contributed by atoms with Gasteiger partial charge in [0.15, 0.2) is 0 Å². The van der Waals surface area contributed by atoms with Gasteiger partial charge in [-0.05, 0) is 68.9 Å². The Morgan fingerprint density at radius 1 is 0.972 bits per heavy atom. The van der Waals surface area contributed by atoms with Gasteiger partial charge in [-0.15, -0.1) is 0 Å². The molecule has 3 fully saturated rings. The van der Waals surface area contributed by atoms with Gasteiger partial charge in [-0.1, -0.05) is 0 Å². The summed E-state index contributed by atoms with van der Waals surface area (Å²) in [5, 5.41) is 3.11. The standard InChI is InChI=1S/C25H31F3N4O3S/c26-16-13-20-21(29-14-16)31(19-7-11-36-12-8-19)24(35)32(23(20)34)18-3-1-17(2-4-18)30-22(33)15-5-9-25(27,28)10-6-15/h13-15,17-19H,1-12H2,(H,30,33). The molecule has 3 heterocycles. The number of carbonyl (C=O) groups is 1. The molecule has 1 amide bonds. The quantitative estimate of drug-likeness (QED) is 0.648. The van der Waals surface area contributed by atoms with Crippen LogP contribution in [0.3, 0.4) is 0 Å². The first kappa shape index (κ1) is 25.4. The van der Waals surface area contributed by atoms with Crippen molar-refractivity contribution in [2.75, 3.05) is 11.5 Å². The number of nitrogens with zero attached hydrogens (tertiary/aromatic N) is 3. The summed E-state index contributed by atoms with van der Waals surface area (Å²) in [4.78, 5) is 43.8. The molecule has 11 heteroatoms. The molecule has 2 aliphatic carbocycles. The highest BCUT2D eigenvalue weighted by molar-refractivity contribution is 7.99. The zero-order chi connectivity index (χ0) is 25.4. The monoisotopic (exact) mass is 524 g/mol. The lowest BCUT2D eigenvalue weighted by Gasteiger charge is -2.33. The second kappa shape index (κ2) is 10.2. The zero-order valence-corrected chi connectivity index (χ0v) is 20.9. The topological polar surface area (TPSA) is 86.0 Å². The van der Waals surface area contributed by atoms with E-state index in [1.807, 2.05) is 11.8 Å². The molecule has 0 bridgehead atoms. The summed E-state index contributed by atoms with van der Waals surface area (Å²) < 4.78 is 43.8. The predicted octanol–water partition coefficient (Wildman–Crippen LogP) is 4.19. The molecule has 36 heavy (non-hydrogen) atoms. The number of hydrogen-bond acceptors (Lipinski definition) is 5. The number of fused-ring (bicyclic) bond motifs is 1. The zero-order valence-electron chi connectivity index (χ0n) is 20.1. The molecule has 0 radical (unpaired) electrons. The Kier molecular flexibility index (Phi) is 7.20. The van der Waals surface area contributed by atoms with Crippen molar-refractivity contribution < 1.29 is 18.0 Å². The Balaban J connectivity index is 1.35. The SMILES string of the molecule is O=C(NC1CCC(n2c(=O)c3cc(F)cnc3n(C3CCSCC3)c2=O)CC1)C1CCC(F)(F)CC1. The molecule has 7 nitrogen and oxygen atoms in total. The number of aromatic nitrogens is 3. The number of alkyl halides is 2. The summed E-state index contributed by atoms with van der Waals surface area (Å²) in [6.45, 7) is 0. The summed E-state index contributed by atoms with van der Waals surface area (Å²) in [5.41, 5.74) is -0.697. The Morgan fingerprint density at radius 3 is 2.28 bits per heavy atom. The van der Waals surface area contributed by atoms with Crippen molar-refractivity contribution in [1.82, 2.24) is 19.4 Å². The average molecular weight is 525 g/mol. The summed E-state index contributed by atoms with van der Waals surface area (Å²) in [7, 11) is 0. The highest BCUT2D eigenvalue weighted by atomic mass is 32.2. The highest BCUT2D eigenvalue weighted by Gasteiger charge is 2.38. The Labute approximate surface area is 210 Å². The number of halogens is 3. The van der Waals surface area contributed by atoms with Gasteiger partial charge >= 0.3 is 5.69 Å². The molecule has 2 saturated carbocycles. The maximum absolute atomic E-state index is 14.1. The van der Waals surface area contributed by atoms with Crippen LogP contribution in [0.25, 0.3) is 11.0 Å². The van der Waals surface area contributed by atoms with E-state index in [9.17, 15) is 27.6 Å². The van der Waals surface area contributed by atoms with Crippen molar-refractivity contribution in [1.29, 1.82) is 0 Å². The van der Waals surface area contributed by atoms with Gasteiger partial charge in [-0.3, -0.25) is 18.7 Å². The molecule has 0 aromatic carbocycles. The molecule has 1 N–H and O–H groups in total. The maximum Gasteiger partial charge on any atom is 0.333 e. The number of pyridine rings is 1. The maximum atomic E-state index is 14.1. The molecule has 0 atom stereocenters. The lowest BCUT2D eigenvalue weighted by Crippen LogP contribution is -2.47. The van der Waals surface area contributed by atoms with Gasteiger partial charge in [-0.25, -0.2) is 22.9 Å². The fourth-order valence-electron chi connectivity index (χ4n) is 5.90. The van der Waals surface area contributed by atoms with Crippen molar-refractivity contribution in [3.63, 3.8) is 0 Å². The molecule has 1 aliphatic heterocycles. The Morgan fingerprint density at radius 2 is 1.61 bits per heavy atom. The van der Waals surface area contributed by atoms with Crippen molar-refractivity contribution >= 4 is 28.7 Å². The van der Waals surface area contributed by atoms with Crippen LogP contribution in [-0.4, -0.2) is 43.5 Å². The first-order chi connectivity index (χ1) is 17.2. The first-order valence-electron chi connectivity index (χ1n) is 12.8. The van der Waals surface area contributed by atoms with E-state index in [-0.39, 0.29) is 60.7 Å². The van der Waals surface area contributed by atoms with Gasteiger partial charge < -0.3 is 5.32 Å². The van der Waals surface area contributed by atoms with Gasteiger partial charge in [-0.2, -0.15) is 11.8 Å². The second-order valence-electron chi connectivity index (χ2n) is 10.3. The molecule has 2 aromatic rings. The van der Waals surface area contributed by atoms with E-state index >= 15 is 0 Å². The molecule has 0 unspecified atom stereocenters. The van der Waals surface area contributed by atoms with E-state index in [1.165, 1.54) is 4.57 Å². The van der Waals surface area contributed by atoms with E-state index in [0.717, 1.165) is 36.6 Å². The molecular formula is C25H31F3N4O3S. The van der Waals surface area contributed by atoms with Crippen LogP contribution in [0, 0.1) is 11.7 Å². The van der Waals surface area contributed by atoms with Gasteiger partial charge in [0.1, 0.15) is 11.5 Å². The fraction of sp³-hybridized carbons (Fsp3) is 0.680. The van der Waals surface area contributed by atoms with Crippen molar-refractivity contribution in [3.05, 3.63) is 38.9 Å². The molecule has 0 spiro atoms. The summed E-state index contributed by atoms with van der Waals surface area (Å²) in [5.74, 6) is -2.07. The fourth-order valence-corrected chi connectivity index (χ4v) is 6.98. The third kappa shape index (κ3) is 5.08. The van der Waals surface area contributed by atoms with Crippen LogP contribution in [0.2, 0.25) is 0 Å². The van der Waals surface area contributed by atoms with E-state index < -0.39 is 28.9 Å². The molecule has 2 aromatic heterocycles. The number of thioether (sulfide) groups is 1. The normalized spacial score (nSPS) is 25.6. The summed E-state index contributed by atoms with van der Waals surface area (Å²) in [6, 6.07) is 0.589. The highest BCUT2D eigenvalue weighted by Crippen LogP contribution is 2.36. The Hall–Kier alpha value is -2.30. The summed E-state index contributed by atoms with van der Waals surface area (Å²) in [6.07, 6.45) is 4.63. The number of nitrogens with one attached hydrogen (secondary N) is 1. The van der Waals surface area contributed by atoms with Gasteiger partial charge in [0.05, 0.1) is 11.6 Å². The van der Waals surface area contributed by atoms with Crippen LogP contribution in [0.4, 0.5) is 13.2 Å². The lowest BCUT2D eigenvalue weighted by molar-refractivity contribution is -0.130. The summed E-state index contributed by atoms with van der Waals surface area (Å²) >= 11 is 1.82. The van der Waals surface area contributed by atoms with E-state index in [0.29, 0.717) is 25.7 Å². The lowest BCUT2D eigenvalue weighted by atomic mass is 9.85. The van der Waals surface area contributed by atoms with E-state index in [4.69, 9.17) is 0 Å². The second-order valence-corrected chi connectivity index (χ2v) is 11.6. The third-order valence-electron chi connectivity index (χ3n) is 7.97. The molecule has 1 saturated heterocycles. The van der Waals surface area contributed by atoms with Crippen molar-refractivity contribution in [3.8, 4) is 0 Å². The molecule has 5 rings (SSSR count). The van der Waals surface area contributed by atoms with Crippen LogP contribution in [-0.2, 0) is 4.79 Å². The Bertz CT molecular complexity index is 1240. The van der Waals surface area contributed by atoms with Crippen LogP contribution in [0.15, 0.2) is 21.9 Å². The minimum absolute atomic E-state index is 0.0930. The molecule has 196 valence electrons. The smallest absolute Gasteiger partial charge is 0.333 e. The van der Waals surface area contributed by atoms with Gasteiger partial charge in [0.25, 0.3) is 5.56 Å². The minimum Gasteiger partial charge on any atom is -0.353 e. The van der Waals surface area contributed by atoms with Crippen molar-refractivity contribution in [2.24, 2.45) is 5.92 Å². The number of carbonyl (C=O) groups excluding carboxylic acids is 1. The average Bonchev–Trinajstić information content (AvgIpc) is 2.86. The predicted molar refractivity (Wildman–Crippen MR) is 132 cm³/mol. The van der Waals surface area contributed by atoms with Crippen molar-refractivity contribution in [2.45, 2.75) is 88.3 Å². The van der Waals surface area contributed by atoms with E-state index in [2.05, 4.69) is 10.3 Å². The van der Waals surface area contributed by atoms with E-state index in [1.54, 1.807) is 4.57 Å². The number of hydrogen-bond donors (Lipinski definition) is 1. The third-order valence-corrected chi connectivity index (χ3v) is 9.02.